The van der Waals surface area contributed by atoms with E-state index in [2.05, 4.69) is 4.98 Å². The summed E-state index contributed by atoms with van der Waals surface area (Å²) in [6, 6.07) is 12.7. The van der Waals surface area contributed by atoms with Crippen molar-refractivity contribution in [1.29, 1.82) is 0 Å². The molecule has 2 rings (SSSR count). The molecule has 4 nitrogen and oxygen atoms in total. The normalized spacial score (nSPS) is 10.2. The minimum absolute atomic E-state index is 0.0274. The van der Waals surface area contributed by atoms with E-state index in [0.717, 1.165) is 5.69 Å². The number of hydrogen-bond acceptors (Lipinski definition) is 3. The van der Waals surface area contributed by atoms with E-state index >= 15 is 0 Å². The highest BCUT2D eigenvalue weighted by Crippen LogP contribution is 2.11. The molecule has 1 heterocycles. The third-order valence-corrected chi connectivity index (χ3v) is 2.88. The van der Waals surface area contributed by atoms with Crippen molar-refractivity contribution >= 4 is 11.6 Å². The Morgan fingerprint density at radius 3 is 2.74 bits per heavy atom. The van der Waals surface area contributed by atoms with E-state index in [4.69, 9.17) is 5.73 Å². The van der Waals surface area contributed by atoms with Crippen LogP contribution in [-0.4, -0.2) is 22.3 Å². The van der Waals surface area contributed by atoms with E-state index < -0.39 is 0 Å². The van der Waals surface area contributed by atoms with Gasteiger partial charge in [-0.05, 0) is 37.3 Å². The molecule has 0 fully saturated rings. The molecular formula is C15H17N3O. The van der Waals surface area contributed by atoms with Crippen LogP contribution in [0.1, 0.15) is 23.0 Å². The fourth-order valence-corrected chi connectivity index (χ4v) is 1.87. The van der Waals surface area contributed by atoms with Crippen molar-refractivity contribution in [2.45, 2.75) is 13.5 Å². The van der Waals surface area contributed by atoms with Gasteiger partial charge >= 0.3 is 0 Å². The number of nitrogens with zero attached hydrogens (tertiary/aromatic N) is 2. The molecule has 2 N–H and O–H groups in total. The Bertz CT molecular complexity index is 554. The van der Waals surface area contributed by atoms with Crippen molar-refractivity contribution in [2.24, 2.45) is 0 Å². The van der Waals surface area contributed by atoms with E-state index in [9.17, 15) is 4.79 Å². The van der Waals surface area contributed by atoms with Crippen LogP contribution >= 0.6 is 0 Å². The topological polar surface area (TPSA) is 59.2 Å². The largest absolute Gasteiger partial charge is 0.399 e. The highest BCUT2D eigenvalue weighted by atomic mass is 16.2. The van der Waals surface area contributed by atoms with Crippen molar-refractivity contribution in [3.8, 4) is 0 Å². The minimum Gasteiger partial charge on any atom is -0.399 e. The molecule has 0 aliphatic heterocycles. The van der Waals surface area contributed by atoms with Crippen molar-refractivity contribution in [3.05, 3.63) is 59.9 Å². The zero-order valence-corrected chi connectivity index (χ0v) is 10.9. The summed E-state index contributed by atoms with van der Waals surface area (Å²) in [5, 5.41) is 0. The van der Waals surface area contributed by atoms with Gasteiger partial charge in [0.05, 0.1) is 12.2 Å². The molecule has 1 amide bonds. The number of nitrogens with two attached hydrogens (primary N) is 1. The van der Waals surface area contributed by atoms with Crippen LogP contribution in [0.25, 0.3) is 0 Å². The van der Waals surface area contributed by atoms with Gasteiger partial charge in [0, 0.05) is 24.0 Å². The lowest BCUT2D eigenvalue weighted by Gasteiger charge is -2.20. The maximum Gasteiger partial charge on any atom is 0.254 e. The van der Waals surface area contributed by atoms with E-state index in [-0.39, 0.29) is 5.91 Å². The first-order valence-electron chi connectivity index (χ1n) is 6.25. The number of aromatic nitrogens is 1. The molecule has 0 aliphatic carbocycles. The van der Waals surface area contributed by atoms with Gasteiger partial charge in [-0.2, -0.15) is 0 Å². The second-order valence-corrected chi connectivity index (χ2v) is 4.27. The minimum atomic E-state index is -0.0274. The van der Waals surface area contributed by atoms with E-state index in [1.807, 2.05) is 25.1 Å². The number of benzene rings is 1. The molecule has 0 aliphatic rings. The van der Waals surface area contributed by atoms with Crippen molar-refractivity contribution in [2.75, 3.05) is 12.3 Å². The summed E-state index contributed by atoms with van der Waals surface area (Å²) in [7, 11) is 0. The van der Waals surface area contributed by atoms with E-state index in [1.165, 1.54) is 0 Å². The van der Waals surface area contributed by atoms with Crippen molar-refractivity contribution < 1.29 is 4.79 Å². The van der Waals surface area contributed by atoms with Gasteiger partial charge < -0.3 is 10.6 Å². The second-order valence-electron chi connectivity index (χ2n) is 4.27. The lowest BCUT2D eigenvalue weighted by atomic mass is 10.1. The van der Waals surface area contributed by atoms with Gasteiger partial charge in [-0.15, -0.1) is 0 Å². The third kappa shape index (κ3) is 3.31. The summed E-state index contributed by atoms with van der Waals surface area (Å²) in [6.07, 6.45) is 1.73. The first-order valence-corrected chi connectivity index (χ1v) is 6.25. The molecule has 0 saturated heterocycles. The van der Waals surface area contributed by atoms with Crippen LogP contribution in [0.4, 0.5) is 5.69 Å². The fourth-order valence-electron chi connectivity index (χ4n) is 1.87. The van der Waals surface area contributed by atoms with Crippen LogP contribution in [0.3, 0.4) is 0 Å². The molecule has 0 saturated carbocycles. The Kier molecular flexibility index (Phi) is 4.13. The Hall–Kier alpha value is -2.36. The summed E-state index contributed by atoms with van der Waals surface area (Å²) in [5.41, 5.74) is 7.79. The second kappa shape index (κ2) is 6.00. The average Bonchev–Trinajstić information content (AvgIpc) is 2.45. The average molecular weight is 255 g/mol. The lowest BCUT2D eigenvalue weighted by Crippen LogP contribution is -2.30. The summed E-state index contributed by atoms with van der Waals surface area (Å²) in [5.74, 6) is -0.0274. The SMILES string of the molecule is CCN(Cc1ccccn1)C(=O)c1cccc(N)c1. The first kappa shape index (κ1) is 13.1. The van der Waals surface area contributed by atoms with Crippen molar-refractivity contribution in [3.63, 3.8) is 0 Å². The predicted molar refractivity (Wildman–Crippen MR) is 75.5 cm³/mol. The van der Waals surface area contributed by atoms with Gasteiger partial charge in [0.1, 0.15) is 0 Å². The number of hydrogen-bond donors (Lipinski definition) is 1. The van der Waals surface area contributed by atoms with Gasteiger partial charge in [0.15, 0.2) is 0 Å². The Morgan fingerprint density at radius 2 is 2.11 bits per heavy atom. The first-order chi connectivity index (χ1) is 9.20. The highest BCUT2D eigenvalue weighted by Gasteiger charge is 2.14. The number of carbonyl (C=O) groups excluding carboxylic acids is 1. The van der Waals surface area contributed by atoms with Crippen LogP contribution in [0, 0.1) is 0 Å². The van der Waals surface area contributed by atoms with E-state index in [0.29, 0.717) is 24.3 Å². The van der Waals surface area contributed by atoms with Crippen LogP contribution in [0.15, 0.2) is 48.7 Å². The summed E-state index contributed by atoms with van der Waals surface area (Å²) in [6.45, 7) is 3.09. The Labute approximate surface area is 112 Å². The summed E-state index contributed by atoms with van der Waals surface area (Å²) >= 11 is 0. The zero-order valence-electron chi connectivity index (χ0n) is 10.9. The van der Waals surface area contributed by atoms with Gasteiger partial charge in [0.2, 0.25) is 0 Å². The third-order valence-electron chi connectivity index (χ3n) is 2.88. The zero-order chi connectivity index (χ0) is 13.7. The maximum atomic E-state index is 12.4. The molecule has 0 atom stereocenters. The molecule has 0 bridgehead atoms. The molecule has 1 aromatic carbocycles. The Morgan fingerprint density at radius 1 is 1.26 bits per heavy atom. The van der Waals surface area contributed by atoms with Gasteiger partial charge in [-0.25, -0.2) is 0 Å². The molecule has 0 unspecified atom stereocenters. The molecule has 98 valence electrons. The van der Waals surface area contributed by atoms with Crippen molar-refractivity contribution in [1.82, 2.24) is 9.88 Å². The molecule has 4 heteroatoms. The standard InChI is InChI=1S/C15H17N3O/c1-2-18(11-14-8-3-4-9-17-14)15(19)12-6-5-7-13(16)10-12/h3-10H,2,11,16H2,1H3. The number of carbonyl (C=O) groups is 1. The molecule has 0 spiro atoms. The number of amides is 1. The van der Waals surface area contributed by atoms with Crippen LogP contribution in [-0.2, 0) is 6.54 Å². The molecular weight excluding hydrogens is 238 g/mol. The quantitative estimate of drug-likeness (QED) is 0.853. The lowest BCUT2D eigenvalue weighted by molar-refractivity contribution is 0.0750. The molecule has 1 aromatic heterocycles. The number of anilines is 1. The monoisotopic (exact) mass is 255 g/mol. The number of nitrogen functional groups attached to an aromatic ring is 1. The smallest absolute Gasteiger partial charge is 0.254 e. The maximum absolute atomic E-state index is 12.4. The highest BCUT2D eigenvalue weighted by molar-refractivity contribution is 5.95. The van der Waals surface area contributed by atoms with Crippen LogP contribution in [0.2, 0.25) is 0 Å². The van der Waals surface area contributed by atoms with E-state index in [1.54, 1.807) is 35.4 Å². The van der Waals surface area contributed by atoms with Gasteiger partial charge in [-0.3, -0.25) is 9.78 Å². The van der Waals surface area contributed by atoms with Gasteiger partial charge in [-0.1, -0.05) is 12.1 Å². The Balaban J connectivity index is 2.16. The van der Waals surface area contributed by atoms with Crippen LogP contribution in [0.5, 0.6) is 0 Å². The number of rotatable bonds is 4. The van der Waals surface area contributed by atoms with Gasteiger partial charge in [0.25, 0.3) is 5.91 Å². The number of pyridine rings is 1. The molecule has 19 heavy (non-hydrogen) atoms. The predicted octanol–water partition coefficient (Wildman–Crippen LogP) is 2.33. The molecule has 2 aromatic rings. The van der Waals surface area contributed by atoms with Crippen LogP contribution < -0.4 is 5.73 Å². The fraction of sp³-hybridized carbons (Fsp3) is 0.200. The summed E-state index contributed by atoms with van der Waals surface area (Å²) in [4.78, 5) is 18.4. The molecule has 0 radical (unpaired) electrons. The summed E-state index contributed by atoms with van der Waals surface area (Å²) < 4.78 is 0.